The Morgan fingerprint density at radius 1 is 1.50 bits per heavy atom. The molecule has 92 valence electrons. The second-order valence-electron chi connectivity index (χ2n) is 3.66. The summed E-state index contributed by atoms with van der Waals surface area (Å²) in [5.74, 6) is 1.32. The van der Waals surface area contributed by atoms with Gasteiger partial charge >= 0.3 is 0 Å². The van der Waals surface area contributed by atoms with Gasteiger partial charge < -0.3 is 9.72 Å². The van der Waals surface area contributed by atoms with E-state index in [4.69, 9.17) is 21.6 Å². The first-order valence-corrected chi connectivity index (χ1v) is 5.96. The molecule has 1 aromatic heterocycles. The Morgan fingerprint density at radius 2 is 2.33 bits per heavy atom. The van der Waals surface area contributed by atoms with Crippen LogP contribution in [0.4, 0.5) is 0 Å². The number of aromatic amines is 1. The Kier molecular flexibility index (Phi) is 3.85. The normalized spacial score (nSPS) is 10.1. The molecule has 2 aromatic rings. The van der Waals surface area contributed by atoms with E-state index in [0.29, 0.717) is 23.2 Å². The number of rotatable bonds is 4. The fraction of sp³-hybridized carbons (Fsp3) is 0.231. The van der Waals surface area contributed by atoms with Crippen molar-refractivity contribution in [1.29, 1.82) is 5.26 Å². The van der Waals surface area contributed by atoms with Crippen molar-refractivity contribution in [2.75, 3.05) is 6.61 Å². The Labute approximate surface area is 110 Å². The lowest BCUT2D eigenvalue weighted by atomic mass is 10.1. The van der Waals surface area contributed by atoms with Crippen molar-refractivity contribution in [2.45, 2.75) is 13.3 Å². The third-order valence-electron chi connectivity index (χ3n) is 2.42. The van der Waals surface area contributed by atoms with Crippen molar-refractivity contribution in [3.8, 4) is 23.1 Å². The molecule has 0 saturated carbocycles. The van der Waals surface area contributed by atoms with E-state index in [1.807, 2.05) is 31.2 Å². The Morgan fingerprint density at radius 3 is 3.00 bits per heavy atom. The molecule has 18 heavy (non-hydrogen) atoms. The molecule has 0 aliphatic carbocycles. The highest BCUT2D eigenvalue weighted by Gasteiger charge is 2.07. The summed E-state index contributed by atoms with van der Waals surface area (Å²) in [5, 5.41) is 9.15. The lowest BCUT2D eigenvalue weighted by Crippen LogP contribution is -1.92. The van der Waals surface area contributed by atoms with Gasteiger partial charge in [0, 0.05) is 5.56 Å². The molecule has 0 bridgehead atoms. The quantitative estimate of drug-likeness (QED) is 0.919. The summed E-state index contributed by atoms with van der Waals surface area (Å²) >= 11 is 6.11. The Balaban J connectivity index is 2.28. The maximum atomic E-state index is 8.59. The zero-order valence-electron chi connectivity index (χ0n) is 9.90. The summed E-state index contributed by atoms with van der Waals surface area (Å²) in [7, 11) is 0. The van der Waals surface area contributed by atoms with Crippen LogP contribution in [0.1, 0.15) is 12.7 Å². The molecular weight excluding hydrogens is 250 g/mol. The lowest BCUT2D eigenvalue weighted by molar-refractivity contribution is 0.340. The summed E-state index contributed by atoms with van der Waals surface area (Å²) in [6.45, 7) is 2.49. The summed E-state index contributed by atoms with van der Waals surface area (Å²) in [4.78, 5) is 7.19. The van der Waals surface area contributed by atoms with Gasteiger partial charge in [0.1, 0.15) is 11.6 Å². The minimum Gasteiger partial charge on any atom is -0.492 e. The van der Waals surface area contributed by atoms with Crippen molar-refractivity contribution < 1.29 is 4.74 Å². The number of hydrogen-bond donors (Lipinski definition) is 1. The van der Waals surface area contributed by atoms with E-state index in [9.17, 15) is 0 Å². The van der Waals surface area contributed by atoms with E-state index in [-0.39, 0.29) is 6.42 Å². The van der Waals surface area contributed by atoms with Gasteiger partial charge in [-0.25, -0.2) is 4.98 Å². The highest BCUT2D eigenvalue weighted by atomic mass is 35.5. The van der Waals surface area contributed by atoms with Gasteiger partial charge in [0.2, 0.25) is 0 Å². The van der Waals surface area contributed by atoms with Crippen molar-refractivity contribution in [3.05, 3.63) is 35.2 Å². The second-order valence-corrected chi connectivity index (χ2v) is 4.06. The lowest BCUT2D eigenvalue weighted by Gasteiger charge is -2.06. The van der Waals surface area contributed by atoms with Crippen LogP contribution in [0.5, 0.6) is 5.75 Å². The van der Waals surface area contributed by atoms with Crippen molar-refractivity contribution in [2.24, 2.45) is 0 Å². The fourth-order valence-electron chi connectivity index (χ4n) is 1.61. The van der Waals surface area contributed by atoms with Gasteiger partial charge in [0.05, 0.1) is 36.0 Å². The molecule has 2 rings (SSSR count). The summed E-state index contributed by atoms with van der Waals surface area (Å²) in [6, 6.07) is 7.59. The molecule has 0 radical (unpaired) electrons. The molecule has 1 aromatic carbocycles. The first-order chi connectivity index (χ1) is 8.74. The number of aromatic nitrogens is 2. The molecule has 0 spiro atoms. The van der Waals surface area contributed by atoms with E-state index in [1.54, 1.807) is 6.20 Å². The fourth-order valence-corrected chi connectivity index (χ4v) is 1.85. The van der Waals surface area contributed by atoms with Crippen molar-refractivity contribution in [1.82, 2.24) is 9.97 Å². The van der Waals surface area contributed by atoms with Crippen molar-refractivity contribution >= 4 is 11.6 Å². The van der Waals surface area contributed by atoms with Crippen LogP contribution in [0.3, 0.4) is 0 Å². The molecule has 0 saturated heterocycles. The molecule has 0 amide bonds. The van der Waals surface area contributed by atoms with E-state index in [0.717, 1.165) is 11.3 Å². The zero-order chi connectivity index (χ0) is 13.0. The van der Waals surface area contributed by atoms with Gasteiger partial charge in [-0.05, 0) is 25.1 Å². The van der Waals surface area contributed by atoms with Gasteiger partial charge in [0.15, 0.2) is 0 Å². The van der Waals surface area contributed by atoms with E-state index in [1.165, 1.54) is 0 Å². The average Bonchev–Trinajstić information content (AvgIpc) is 2.81. The number of halogens is 1. The smallest absolute Gasteiger partial charge is 0.137 e. The van der Waals surface area contributed by atoms with Gasteiger partial charge in [-0.3, -0.25) is 0 Å². The van der Waals surface area contributed by atoms with E-state index in [2.05, 4.69) is 9.97 Å². The largest absolute Gasteiger partial charge is 0.492 e. The summed E-state index contributed by atoms with van der Waals surface area (Å²) in [5.41, 5.74) is 1.75. The number of hydrogen-bond acceptors (Lipinski definition) is 3. The molecule has 0 atom stereocenters. The van der Waals surface area contributed by atoms with Crippen LogP contribution in [0.25, 0.3) is 11.3 Å². The van der Waals surface area contributed by atoms with Crippen LogP contribution in [0, 0.1) is 11.3 Å². The molecule has 0 unspecified atom stereocenters. The minimum absolute atomic E-state index is 0.269. The minimum atomic E-state index is 0.269. The Hall–Kier alpha value is -1.99. The maximum Gasteiger partial charge on any atom is 0.137 e. The van der Waals surface area contributed by atoms with E-state index < -0.39 is 0 Å². The van der Waals surface area contributed by atoms with Gasteiger partial charge in [0.25, 0.3) is 0 Å². The number of benzene rings is 1. The zero-order valence-corrected chi connectivity index (χ0v) is 10.7. The molecule has 0 aliphatic rings. The SMILES string of the molecule is CCOc1ccc(-c2cnc(CC#N)[nH]2)cc1Cl. The molecule has 1 heterocycles. The van der Waals surface area contributed by atoms with Crippen LogP contribution < -0.4 is 4.74 Å². The predicted molar refractivity (Wildman–Crippen MR) is 69.5 cm³/mol. The molecule has 0 aliphatic heterocycles. The Bertz CT molecular complexity index is 586. The van der Waals surface area contributed by atoms with Gasteiger partial charge in [-0.2, -0.15) is 5.26 Å². The van der Waals surface area contributed by atoms with Crippen LogP contribution in [-0.2, 0) is 6.42 Å². The monoisotopic (exact) mass is 261 g/mol. The van der Waals surface area contributed by atoms with E-state index >= 15 is 0 Å². The maximum absolute atomic E-state index is 8.59. The number of nitriles is 1. The number of H-pyrrole nitrogens is 1. The van der Waals surface area contributed by atoms with Crippen LogP contribution in [0.15, 0.2) is 24.4 Å². The van der Waals surface area contributed by atoms with Gasteiger partial charge in [-0.1, -0.05) is 11.6 Å². The first-order valence-electron chi connectivity index (χ1n) is 5.58. The molecule has 1 N–H and O–H groups in total. The van der Waals surface area contributed by atoms with Crippen molar-refractivity contribution in [3.63, 3.8) is 0 Å². The van der Waals surface area contributed by atoms with Crippen LogP contribution in [0.2, 0.25) is 5.02 Å². The molecule has 4 nitrogen and oxygen atoms in total. The highest BCUT2D eigenvalue weighted by Crippen LogP contribution is 2.29. The number of nitrogens with zero attached hydrogens (tertiary/aromatic N) is 2. The number of imidazole rings is 1. The van der Waals surface area contributed by atoms with Crippen LogP contribution in [-0.4, -0.2) is 16.6 Å². The second kappa shape index (κ2) is 5.56. The standard InChI is InChI=1S/C13H12ClN3O/c1-2-18-12-4-3-9(7-10(12)14)11-8-16-13(17-11)5-6-15/h3-4,7-8H,2,5H2,1H3,(H,16,17). The third kappa shape index (κ3) is 2.63. The van der Waals surface area contributed by atoms with Crippen LogP contribution >= 0.6 is 11.6 Å². The average molecular weight is 262 g/mol. The molecule has 5 heteroatoms. The molecular formula is C13H12ClN3O. The number of nitrogens with one attached hydrogen (secondary N) is 1. The number of ether oxygens (including phenoxy) is 1. The topological polar surface area (TPSA) is 61.7 Å². The summed E-state index contributed by atoms with van der Waals surface area (Å²) in [6.07, 6.45) is 1.96. The first kappa shape index (κ1) is 12.5. The summed E-state index contributed by atoms with van der Waals surface area (Å²) < 4.78 is 5.37. The molecule has 0 fully saturated rings. The third-order valence-corrected chi connectivity index (χ3v) is 2.71. The highest BCUT2D eigenvalue weighted by molar-refractivity contribution is 6.32. The van der Waals surface area contributed by atoms with Gasteiger partial charge in [-0.15, -0.1) is 0 Å². The predicted octanol–water partition coefficient (Wildman–Crippen LogP) is 3.19.